The Morgan fingerprint density at radius 3 is 0.500 bits per heavy atom. The smallest absolute Gasteiger partial charge is 0.0524 e. The molecule has 6 rings (SSSR count). The SMILES string of the molecule is CC.Cc1c(C)c(C)c2c(c1C)c1c(C)c(C)c(C)c(C)c1n2C.Cc1c(C)c(C)c2c(c1C)c1c(C)c(C)c(C)c(C)c1n2C. The van der Waals surface area contributed by atoms with E-state index in [1.165, 1.54) is 133 Å². The van der Waals surface area contributed by atoms with Gasteiger partial charge in [-0.25, -0.2) is 0 Å². The van der Waals surface area contributed by atoms with Crippen molar-refractivity contribution in [2.24, 2.45) is 14.1 Å². The number of nitrogens with zero attached hydrogens (tertiary/aromatic N) is 2. The van der Waals surface area contributed by atoms with Gasteiger partial charge in [-0.05, 0) is 200 Å². The van der Waals surface area contributed by atoms with Crippen LogP contribution >= 0.6 is 0 Å². The van der Waals surface area contributed by atoms with Crippen LogP contribution in [0.2, 0.25) is 0 Å². The van der Waals surface area contributed by atoms with Gasteiger partial charge in [0.1, 0.15) is 0 Å². The molecule has 0 amide bonds. The first kappa shape index (κ1) is 35.3. The number of aryl methyl sites for hydroxylation is 10. The Kier molecular flexibility index (Phi) is 9.41. The molecule has 2 nitrogen and oxygen atoms in total. The Labute approximate surface area is 279 Å². The molecule has 0 radical (unpaired) electrons. The van der Waals surface area contributed by atoms with Gasteiger partial charge in [0.05, 0.1) is 22.1 Å². The Morgan fingerprint density at radius 2 is 0.348 bits per heavy atom. The highest BCUT2D eigenvalue weighted by molar-refractivity contribution is 6.15. The molecule has 0 saturated heterocycles. The number of hydrogen-bond donors (Lipinski definition) is 0. The van der Waals surface area contributed by atoms with E-state index in [0.29, 0.717) is 0 Å². The zero-order valence-corrected chi connectivity index (χ0v) is 32.9. The van der Waals surface area contributed by atoms with E-state index < -0.39 is 0 Å². The molecule has 0 saturated carbocycles. The van der Waals surface area contributed by atoms with E-state index in [-0.39, 0.29) is 0 Å². The molecule has 0 aliphatic carbocycles. The minimum atomic E-state index is 1.41. The second-order valence-electron chi connectivity index (χ2n) is 14.0. The van der Waals surface area contributed by atoms with Crippen LogP contribution in [-0.4, -0.2) is 9.13 Å². The monoisotopic (exact) mass is 616 g/mol. The van der Waals surface area contributed by atoms with Crippen molar-refractivity contribution in [1.29, 1.82) is 0 Å². The molecule has 2 heteroatoms. The van der Waals surface area contributed by atoms with Gasteiger partial charge < -0.3 is 9.13 Å². The van der Waals surface area contributed by atoms with Crippen molar-refractivity contribution in [2.45, 2.75) is 125 Å². The summed E-state index contributed by atoms with van der Waals surface area (Å²) in [6.07, 6.45) is 0. The molecule has 246 valence electrons. The summed E-state index contributed by atoms with van der Waals surface area (Å²) >= 11 is 0. The average Bonchev–Trinajstić information content (AvgIpc) is 3.53. The van der Waals surface area contributed by atoms with Crippen LogP contribution in [0.1, 0.15) is 103 Å². The highest BCUT2D eigenvalue weighted by atomic mass is 14.9. The minimum Gasteiger partial charge on any atom is -0.343 e. The fourth-order valence-corrected chi connectivity index (χ4v) is 8.30. The molecule has 0 aliphatic rings. The van der Waals surface area contributed by atoms with E-state index in [1.54, 1.807) is 0 Å². The van der Waals surface area contributed by atoms with Crippen molar-refractivity contribution >= 4 is 43.6 Å². The van der Waals surface area contributed by atoms with Gasteiger partial charge in [-0.15, -0.1) is 0 Å². The summed E-state index contributed by atoms with van der Waals surface area (Å²) in [5.74, 6) is 0. The molecule has 0 aliphatic heterocycles. The van der Waals surface area contributed by atoms with Gasteiger partial charge in [0.2, 0.25) is 0 Å². The van der Waals surface area contributed by atoms with Crippen molar-refractivity contribution in [3.8, 4) is 0 Å². The van der Waals surface area contributed by atoms with Crippen molar-refractivity contribution in [3.63, 3.8) is 0 Å². The highest BCUT2D eigenvalue weighted by Gasteiger charge is 2.23. The van der Waals surface area contributed by atoms with Gasteiger partial charge >= 0.3 is 0 Å². The van der Waals surface area contributed by atoms with Gasteiger partial charge in [-0.1, -0.05) is 13.8 Å². The molecule has 2 heterocycles. The van der Waals surface area contributed by atoms with E-state index in [2.05, 4.69) is 134 Å². The lowest BCUT2D eigenvalue weighted by atomic mass is 9.90. The molecule has 0 bridgehead atoms. The Morgan fingerprint density at radius 1 is 0.217 bits per heavy atom. The molecular formula is C44H60N2. The van der Waals surface area contributed by atoms with Crippen LogP contribution in [0.15, 0.2) is 0 Å². The van der Waals surface area contributed by atoms with Gasteiger partial charge in [-0.3, -0.25) is 0 Å². The van der Waals surface area contributed by atoms with Gasteiger partial charge in [-0.2, -0.15) is 0 Å². The zero-order valence-electron chi connectivity index (χ0n) is 32.9. The van der Waals surface area contributed by atoms with E-state index in [1.807, 2.05) is 13.8 Å². The van der Waals surface area contributed by atoms with Crippen LogP contribution < -0.4 is 0 Å². The molecule has 0 fully saturated rings. The maximum Gasteiger partial charge on any atom is 0.0524 e. The Bertz CT molecular complexity index is 1910. The first-order valence-electron chi connectivity index (χ1n) is 17.3. The Balaban J connectivity index is 0.000000198. The van der Waals surface area contributed by atoms with Gasteiger partial charge in [0, 0.05) is 35.6 Å². The standard InChI is InChI=1S/2C21H27N.C2H6/c2*1-10-12(3)16(7)20-18(14(10)5)19-15(6)11(2)13(4)17(8)21(19)22(20)9;1-2/h2*1-9H3;1-2H3. The van der Waals surface area contributed by atoms with E-state index in [0.717, 1.165) is 0 Å². The third kappa shape index (κ3) is 4.65. The van der Waals surface area contributed by atoms with Crippen LogP contribution in [0.3, 0.4) is 0 Å². The number of fused-ring (bicyclic) bond motifs is 6. The van der Waals surface area contributed by atoms with Gasteiger partial charge in [0.15, 0.2) is 0 Å². The lowest BCUT2D eigenvalue weighted by Gasteiger charge is -2.13. The molecule has 4 aromatic carbocycles. The summed E-state index contributed by atoms with van der Waals surface area (Å²) < 4.78 is 4.85. The fourth-order valence-electron chi connectivity index (χ4n) is 8.30. The fraction of sp³-hybridized carbons (Fsp3) is 0.455. The third-order valence-electron chi connectivity index (χ3n) is 12.5. The predicted molar refractivity (Wildman–Crippen MR) is 208 cm³/mol. The third-order valence-corrected chi connectivity index (χ3v) is 12.5. The van der Waals surface area contributed by atoms with Crippen molar-refractivity contribution in [1.82, 2.24) is 9.13 Å². The summed E-state index contributed by atoms with van der Waals surface area (Å²) in [5, 5.41) is 5.84. The summed E-state index contributed by atoms with van der Waals surface area (Å²) in [7, 11) is 4.46. The lowest BCUT2D eigenvalue weighted by molar-refractivity contribution is 0.994. The molecule has 46 heavy (non-hydrogen) atoms. The molecule has 0 unspecified atom stereocenters. The van der Waals surface area contributed by atoms with E-state index in [9.17, 15) is 0 Å². The average molecular weight is 617 g/mol. The van der Waals surface area contributed by atoms with Crippen LogP contribution in [-0.2, 0) is 14.1 Å². The molecule has 2 aromatic heterocycles. The topological polar surface area (TPSA) is 9.86 Å². The maximum absolute atomic E-state index is 2.42. The first-order chi connectivity index (χ1) is 21.4. The largest absolute Gasteiger partial charge is 0.343 e. The molecule has 0 atom stereocenters. The molecule has 0 spiro atoms. The van der Waals surface area contributed by atoms with Crippen molar-refractivity contribution in [2.75, 3.05) is 0 Å². The quantitative estimate of drug-likeness (QED) is 0.161. The number of benzene rings is 4. The summed E-state index contributed by atoms with van der Waals surface area (Å²) in [5.41, 5.74) is 28.6. The summed E-state index contributed by atoms with van der Waals surface area (Å²) in [6.45, 7) is 40.3. The summed E-state index contributed by atoms with van der Waals surface area (Å²) in [4.78, 5) is 0. The number of aromatic nitrogens is 2. The zero-order chi connectivity index (χ0) is 35.0. The molecule has 6 aromatic rings. The van der Waals surface area contributed by atoms with Crippen LogP contribution in [0.5, 0.6) is 0 Å². The first-order valence-corrected chi connectivity index (χ1v) is 17.3. The van der Waals surface area contributed by atoms with Gasteiger partial charge in [0.25, 0.3) is 0 Å². The maximum atomic E-state index is 2.42. The van der Waals surface area contributed by atoms with Crippen LogP contribution in [0.4, 0.5) is 0 Å². The summed E-state index contributed by atoms with van der Waals surface area (Å²) in [6, 6.07) is 0. The second kappa shape index (κ2) is 12.3. The highest BCUT2D eigenvalue weighted by Crippen LogP contribution is 2.42. The van der Waals surface area contributed by atoms with Crippen molar-refractivity contribution < 1.29 is 0 Å². The lowest BCUT2D eigenvalue weighted by Crippen LogP contribution is -1.97. The van der Waals surface area contributed by atoms with E-state index in [4.69, 9.17) is 0 Å². The normalized spacial score (nSPS) is 11.5. The number of rotatable bonds is 0. The van der Waals surface area contributed by atoms with E-state index >= 15 is 0 Å². The second-order valence-corrected chi connectivity index (χ2v) is 14.0. The number of hydrogen-bond acceptors (Lipinski definition) is 0. The predicted octanol–water partition coefficient (Wildman–Crippen LogP) is 12.6. The molecular weight excluding hydrogens is 556 g/mol. The molecule has 0 N–H and O–H groups in total. The van der Waals surface area contributed by atoms with Crippen LogP contribution in [0.25, 0.3) is 43.6 Å². The van der Waals surface area contributed by atoms with Crippen molar-refractivity contribution in [3.05, 3.63) is 89.0 Å². The minimum absolute atomic E-state index is 1.41. The Hall–Kier alpha value is -3.52. The van der Waals surface area contributed by atoms with Crippen LogP contribution in [0, 0.1) is 111 Å².